The van der Waals surface area contributed by atoms with Gasteiger partial charge in [-0.3, -0.25) is 33.6 Å². The van der Waals surface area contributed by atoms with Gasteiger partial charge in [0.25, 0.3) is 0 Å². The lowest BCUT2D eigenvalue weighted by Crippen LogP contribution is -2.65. The van der Waals surface area contributed by atoms with E-state index in [1.165, 1.54) is 31.0 Å². The van der Waals surface area contributed by atoms with Crippen molar-refractivity contribution in [1.82, 2.24) is 36.4 Å². The molecule has 12 atom stereocenters. The maximum Gasteiger partial charge on any atom is 0.329 e. The fourth-order valence-electron chi connectivity index (χ4n) is 8.60. The molecule has 5 rings (SSSR count). The van der Waals surface area contributed by atoms with E-state index in [0.29, 0.717) is 12.0 Å². The van der Waals surface area contributed by atoms with Gasteiger partial charge in [0.1, 0.15) is 60.6 Å². The third-order valence-electron chi connectivity index (χ3n) is 12.9. The summed E-state index contributed by atoms with van der Waals surface area (Å²) in [5, 5.41) is 45.2. The van der Waals surface area contributed by atoms with Gasteiger partial charge in [0.15, 0.2) is 0 Å². The van der Waals surface area contributed by atoms with Crippen LogP contribution in [0.4, 0.5) is 0 Å². The summed E-state index contributed by atoms with van der Waals surface area (Å²) in [6.45, 7) is 15.1. The first-order valence-corrected chi connectivity index (χ1v) is 23.0. The number of hydrogen-bond acceptors (Lipinski definition) is 13. The molecule has 0 aromatic heterocycles. The number of nitrogens with zero attached hydrogens (tertiary/aromatic N) is 2. The van der Waals surface area contributed by atoms with E-state index in [1.807, 2.05) is 13.8 Å². The van der Waals surface area contributed by atoms with E-state index in [9.17, 15) is 53.7 Å². The second-order valence-electron chi connectivity index (χ2n) is 19.4. The van der Waals surface area contributed by atoms with Crippen LogP contribution < -0.4 is 32.3 Å². The minimum atomic E-state index is -1.71. The Bertz CT molecular complexity index is 1950. The maximum absolute atomic E-state index is 14.7. The number of phenols is 1. The lowest BCUT2D eigenvalue weighted by Gasteiger charge is -2.44. The molecule has 4 unspecified atom stereocenters. The van der Waals surface area contributed by atoms with Gasteiger partial charge in [-0.25, -0.2) is 4.79 Å². The number of carbonyl (C=O) groups excluding carboxylic acids is 8. The molecule has 1 aromatic rings. The molecule has 7 amide bonds. The van der Waals surface area contributed by atoms with Crippen molar-refractivity contribution < 1.29 is 58.4 Å². The number of aliphatic hydroxyl groups excluding tert-OH is 2. The molecule has 66 heavy (non-hydrogen) atoms. The van der Waals surface area contributed by atoms with Crippen LogP contribution in [-0.2, 0) is 49.5 Å². The van der Waals surface area contributed by atoms with E-state index < -0.39 is 131 Å². The maximum atomic E-state index is 14.7. The molecule has 3 heterocycles. The number of carbonyl (C=O) groups is 8. The lowest BCUT2D eigenvalue weighted by molar-refractivity contribution is -0.167. The van der Waals surface area contributed by atoms with Gasteiger partial charge in [0.05, 0.1) is 11.5 Å². The fraction of sp³-hybridized carbons (Fsp3) is 0.696. The Morgan fingerprint density at radius 3 is 2.11 bits per heavy atom. The zero-order valence-corrected chi connectivity index (χ0v) is 39.8. The van der Waals surface area contributed by atoms with Crippen molar-refractivity contribution >= 4 is 47.3 Å². The normalized spacial score (nSPS) is 29.3. The number of amides is 7. The Labute approximate surface area is 386 Å². The van der Waals surface area contributed by atoms with Crippen LogP contribution in [0.2, 0.25) is 0 Å². The molecule has 1 spiro atoms. The predicted molar refractivity (Wildman–Crippen MR) is 240 cm³/mol. The van der Waals surface area contributed by atoms with Crippen LogP contribution >= 0.6 is 0 Å². The smallest absolute Gasteiger partial charge is 0.329 e. The molecule has 3 saturated heterocycles. The van der Waals surface area contributed by atoms with Crippen molar-refractivity contribution in [2.24, 2.45) is 35.3 Å². The van der Waals surface area contributed by atoms with Crippen LogP contribution in [-0.4, -0.2) is 140 Å². The molecule has 1 aromatic carbocycles. The third kappa shape index (κ3) is 13.0. The van der Waals surface area contributed by atoms with Gasteiger partial charge in [0.2, 0.25) is 41.4 Å². The Balaban J connectivity index is 1.85. The molecule has 2 bridgehead atoms. The lowest BCUT2D eigenvalue weighted by atomic mass is 9.93. The highest BCUT2D eigenvalue weighted by Gasteiger charge is 2.66. The molecule has 4 aliphatic rings. The first-order chi connectivity index (χ1) is 30.8. The number of fused-ring (bicyclic) bond motifs is 16. The Kier molecular flexibility index (Phi) is 18.1. The van der Waals surface area contributed by atoms with Gasteiger partial charge in [-0.05, 0) is 68.1 Å². The molecule has 20 nitrogen and oxygen atoms in total. The molecule has 1 saturated carbocycles. The fourth-order valence-corrected chi connectivity index (χ4v) is 8.60. The Morgan fingerprint density at radius 2 is 1.55 bits per heavy atom. The van der Waals surface area contributed by atoms with E-state index in [4.69, 9.17) is 10.5 Å². The summed E-state index contributed by atoms with van der Waals surface area (Å²) in [5.74, 6) is -8.77. The summed E-state index contributed by atoms with van der Waals surface area (Å²) in [6.07, 6.45) is -4.29. The number of piperidine rings is 1. The van der Waals surface area contributed by atoms with Crippen molar-refractivity contribution in [3.05, 3.63) is 29.8 Å². The van der Waals surface area contributed by atoms with E-state index in [1.54, 1.807) is 53.7 Å². The number of hydrogen-bond donors (Lipinski definition) is 9. The number of nitrogens with one attached hydrogen (secondary N) is 5. The molecule has 4 fully saturated rings. The summed E-state index contributed by atoms with van der Waals surface area (Å²) >= 11 is 0. The molecule has 0 radical (unpaired) electrons. The highest BCUT2D eigenvalue weighted by atomic mass is 16.5. The number of benzene rings is 1. The van der Waals surface area contributed by atoms with Crippen molar-refractivity contribution in [2.75, 3.05) is 7.05 Å². The van der Waals surface area contributed by atoms with E-state index in [2.05, 4.69) is 26.6 Å². The van der Waals surface area contributed by atoms with E-state index in [-0.39, 0.29) is 50.2 Å². The molecular weight excluding hydrogens is 857 g/mol. The van der Waals surface area contributed by atoms with Crippen LogP contribution in [0.25, 0.3) is 0 Å². The first kappa shape index (κ1) is 53.3. The summed E-state index contributed by atoms with van der Waals surface area (Å²) in [6, 6.07) is -2.24. The van der Waals surface area contributed by atoms with E-state index in [0.717, 1.165) is 4.90 Å². The second kappa shape index (κ2) is 22.4. The first-order valence-electron chi connectivity index (χ1n) is 23.0. The zero-order valence-electron chi connectivity index (χ0n) is 39.8. The van der Waals surface area contributed by atoms with Gasteiger partial charge in [-0.2, -0.15) is 0 Å². The van der Waals surface area contributed by atoms with Crippen molar-refractivity contribution in [2.45, 2.75) is 168 Å². The highest BCUT2D eigenvalue weighted by Crippen LogP contribution is 2.52. The van der Waals surface area contributed by atoms with Gasteiger partial charge in [0, 0.05) is 25.8 Å². The molecule has 20 heteroatoms. The van der Waals surface area contributed by atoms with Crippen LogP contribution in [0.15, 0.2) is 24.3 Å². The average molecular weight is 929 g/mol. The predicted octanol–water partition coefficient (Wildman–Crippen LogP) is -0.0981. The molecule has 10 N–H and O–H groups in total. The van der Waals surface area contributed by atoms with Gasteiger partial charge in [-0.15, -0.1) is 0 Å². The van der Waals surface area contributed by atoms with Gasteiger partial charge < -0.3 is 62.2 Å². The van der Waals surface area contributed by atoms with Crippen molar-refractivity contribution in [1.29, 1.82) is 0 Å². The largest absolute Gasteiger partial charge is 0.508 e. The van der Waals surface area contributed by atoms with Crippen LogP contribution in [0.3, 0.4) is 0 Å². The monoisotopic (exact) mass is 929 g/mol. The second-order valence-corrected chi connectivity index (χ2v) is 19.4. The quantitative estimate of drug-likeness (QED) is 0.0670. The molecule has 1 aliphatic carbocycles. The zero-order chi connectivity index (χ0) is 49.5. The van der Waals surface area contributed by atoms with Crippen molar-refractivity contribution in [3.8, 4) is 5.75 Å². The van der Waals surface area contributed by atoms with Crippen molar-refractivity contribution in [3.63, 3.8) is 0 Å². The van der Waals surface area contributed by atoms with Crippen LogP contribution in [0.5, 0.6) is 5.75 Å². The summed E-state index contributed by atoms with van der Waals surface area (Å²) in [4.78, 5) is 116. The Morgan fingerprint density at radius 1 is 0.909 bits per heavy atom. The minimum Gasteiger partial charge on any atom is -0.508 e. The SMILES string of the molecule is CCC(C)[C@@H]1NC(=O)[C@H](Cc2ccc(O)cc2)N(C)C(=O)[C@H](C(C)C)N2C(=O)C3CC3(C[C@@H]2O)NC(=O)[C@H](CC(C)C)NC(=O)[C@@H](NC(=O)[C@H](CCC(N)O)NC(=O)C(C)C)[C@@H](C)OC1=O. The number of esters is 1. The number of likely N-dealkylation sites (N-methyl/N-ethyl adjacent to an activating group) is 1. The molecule has 3 aliphatic heterocycles. The molecule has 368 valence electrons. The third-order valence-corrected chi connectivity index (χ3v) is 12.9. The number of aromatic hydroxyl groups is 1. The summed E-state index contributed by atoms with van der Waals surface area (Å²) < 4.78 is 5.93. The summed E-state index contributed by atoms with van der Waals surface area (Å²) in [5.41, 5.74) is 4.90. The number of ether oxygens (including phenoxy) is 1. The highest BCUT2D eigenvalue weighted by molar-refractivity contribution is 5.98. The molecular formula is C46H72N8O12. The summed E-state index contributed by atoms with van der Waals surface area (Å²) in [7, 11) is 1.39. The van der Waals surface area contributed by atoms with Crippen LogP contribution in [0.1, 0.15) is 106 Å². The van der Waals surface area contributed by atoms with Gasteiger partial charge >= 0.3 is 5.97 Å². The number of rotatable bonds is 14. The average Bonchev–Trinajstić information content (AvgIpc) is 3.95. The Hall–Kier alpha value is -5.34. The minimum absolute atomic E-state index is 0.0360. The number of phenolic OH excluding ortho intramolecular Hbond substituents is 1. The van der Waals surface area contributed by atoms with E-state index >= 15 is 0 Å². The van der Waals surface area contributed by atoms with Crippen LogP contribution in [0, 0.1) is 29.6 Å². The number of nitrogens with two attached hydrogens (primary N) is 1. The van der Waals surface area contributed by atoms with Gasteiger partial charge in [-0.1, -0.05) is 73.9 Å². The topological polar surface area (TPSA) is 299 Å². The number of aliphatic hydroxyl groups is 2. The standard InChI is InChI=1S/C46H72N8O12/c1-11-25(8)35-45(65)66-26(9)36(51-39(59)30(16-17-33(47)56)48-38(58)24(6)7)42(62)49-31(18-22(2)3)40(60)52-46-20-29(46)43(63)54(34(57)21-46)37(23(4)5)44(64)53(10)32(41(61)50-35)19-27-12-14-28(55)15-13-27/h12-15,22-26,29-37,55-57H,11,16-21,47H2,1-10H3,(H,48,58)(H,49,62)(H,50,61)(H,51,59)(H,52,60)/t25?,26-,29?,30+,31+,32+,33?,34+,35+,36+,37+,46?/m1/s1.